The highest BCUT2D eigenvalue weighted by molar-refractivity contribution is 5.83. The zero-order valence-corrected chi connectivity index (χ0v) is 16.4. The lowest BCUT2D eigenvalue weighted by molar-refractivity contribution is -0.161. The molecule has 0 saturated carbocycles. The molecule has 2 amide bonds. The third-order valence-electron chi connectivity index (χ3n) is 5.86. The minimum absolute atomic E-state index is 0.0353. The molecule has 0 aliphatic carbocycles. The Balaban J connectivity index is 1.49. The maximum Gasteiger partial charge on any atom is 0.255 e. The molecule has 5 heteroatoms. The van der Waals surface area contributed by atoms with Gasteiger partial charge in [-0.1, -0.05) is 54.6 Å². The second-order valence-corrected chi connectivity index (χ2v) is 7.86. The number of rotatable bonds is 3. The first-order valence-electron chi connectivity index (χ1n) is 9.80. The molecule has 0 bridgehead atoms. The number of benzene rings is 2. The van der Waals surface area contributed by atoms with E-state index in [2.05, 4.69) is 6.07 Å². The normalized spacial score (nSPS) is 20.1. The van der Waals surface area contributed by atoms with E-state index in [0.717, 1.165) is 16.7 Å². The van der Waals surface area contributed by atoms with E-state index >= 15 is 0 Å². The van der Waals surface area contributed by atoms with E-state index in [-0.39, 0.29) is 11.8 Å². The summed E-state index contributed by atoms with van der Waals surface area (Å²) >= 11 is 0. The molecule has 28 heavy (non-hydrogen) atoms. The Morgan fingerprint density at radius 2 is 1.68 bits per heavy atom. The van der Waals surface area contributed by atoms with Crippen molar-refractivity contribution in [1.29, 1.82) is 0 Å². The zero-order chi connectivity index (χ0) is 19.7. The van der Waals surface area contributed by atoms with Crippen molar-refractivity contribution in [3.05, 3.63) is 71.3 Å². The van der Waals surface area contributed by atoms with Crippen LogP contribution < -0.4 is 0 Å². The fourth-order valence-corrected chi connectivity index (χ4v) is 4.30. The number of carbonyl (C=O) groups is 2. The predicted molar refractivity (Wildman–Crippen MR) is 107 cm³/mol. The average Bonchev–Trinajstić information content (AvgIpc) is 3.03. The number of likely N-dealkylation sites (N-methyl/N-ethyl adjacent to an activating group) is 1. The fraction of sp³-hybridized carbons (Fsp3) is 0.391. The van der Waals surface area contributed by atoms with Crippen molar-refractivity contribution in [2.45, 2.75) is 31.0 Å². The maximum atomic E-state index is 12.7. The molecular formula is C23H26N2O3. The minimum atomic E-state index is -0.558. The summed E-state index contributed by atoms with van der Waals surface area (Å²) in [5.74, 6) is 0.111. The molecule has 146 valence electrons. The van der Waals surface area contributed by atoms with Crippen LogP contribution in [0.5, 0.6) is 0 Å². The van der Waals surface area contributed by atoms with Crippen molar-refractivity contribution in [1.82, 2.24) is 9.80 Å². The van der Waals surface area contributed by atoms with Gasteiger partial charge in [-0.05, 0) is 29.5 Å². The Morgan fingerprint density at radius 3 is 2.36 bits per heavy atom. The molecule has 2 aromatic carbocycles. The summed E-state index contributed by atoms with van der Waals surface area (Å²) < 4.78 is 6.40. The summed E-state index contributed by atoms with van der Waals surface area (Å²) in [6.07, 6.45) is 1.29. The quantitative estimate of drug-likeness (QED) is 0.825. The minimum Gasteiger partial charge on any atom is -0.352 e. The lowest BCUT2D eigenvalue weighted by atomic mass is 9.83. The van der Waals surface area contributed by atoms with Crippen LogP contribution in [-0.2, 0) is 26.3 Å². The molecule has 0 aromatic heterocycles. The van der Waals surface area contributed by atoms with Gasteiger partial charge in [-0.25, -0.2) is 0 Å². The Bertz CT molecular complexity index is 870. The molecule has 1 spiro atoms. The molecule has 0 unspecified atom stereocenters. The number of hydrogen-bond donors (Lipinski definition) is 0. The van der Waals surface area contributed by atoms with Gasteiger partial charge in [0, 0.05) is 27.2 Å². The molecule has 2 aliphatic rings. The van der Waals surface area contributed by atoms with Crippen LogP contribution in [-0.4, -0.2) is 48.8 Å². The summed E-state index contributed by atoms with van der Waals surface area (Å²) in [5, 5.41) is 0. The van der Waals surface area contributed by atoms with Crippen molar-refractivity contribution in [2.75, 3.05) is 27.2 Å². The first-order valence-corrected chi connectivity index (χ1v) is 9.80. The van der Waals surface area contributed by atoms with Gasteiger partial charge in [0.15, 0.2) is 6.10 Å². The first kappa shape index (κ1) is 18.7. The van der Waals surface area contributed by atoms with E-state index in [1.807, 2.05) is 53.4 Å². The van der Waals surface area contributed by atoms with E-state index < -0.39 is 11.7 Å². The number of amides is 2. The highest BCUT2D eigenvalue weighted by atomic mass is 16.5. The van der Waals surface area contributed by atoms with Gasteiger partial charge in [-0.3, -0.25) is 9.59 Å². The van der Waals surface area contributed by atoms with Gasteiger partial charge < -0.3 is 14.5 Å². The van der Waals surface area contributed by atoms with Gasteiger partial charge in [-0.2, -0.15) is 0 Å². The molecular weight excluding hydrogens is 352 g/mol. The Morgan fingerprint density at radius 1 is 1.04 bits per heavy atom. The van der Waals surface area contributed by atoms with Crippen molar-refractivity contribution >= 4 is 11.8 Å². The van der Waals surface area contributed by atoms with E-state index in [0.29, 0.717) is 32.4 Å². The van der Waals surface area contributed by atoms with Crippen LogP contribution in [0, 0.1) is 0 Å². The number of piperidine rings is 1. The van der Waals surface area contributed by atoms with Crippen LogP contribution in [0.3, 0.4) is 0 Å². The van der Waals surface area contributed by atoms with Gasteiger partial charge in [-0.15, -0.1) is 0 Å². The molecule has 1 fully saturated rings. The van der Waals surface area contributed by atoms with Crippen LogP contribution >= 0.6 is 0 Å². The zero-order valence-electron chi connectivity index (χ0n) is 16.4. The summed E-state index contributed by atoms with van der Waals surface area (Å²) in [5.41, 5.74) is 2.62. The largest absolute Gasteiger partial charge is 0.352 e. The molecule has 2 aliphatic heterocycles. The van der Waals surface area contributed by atoms with E-state index in [9.17, 15) is 9.59 Å². The molecule has 0 radical (unpaired) electrons. The second kappa shape index (κ2) is 7.40. The predicted octanol–water partition coefficient (Wildman–Crippen LogP) is 2.91. The number of likely N-dealkylation sites (tertiary alicyclic amines) is 1. The van der Waals surface area contributed by atoms with Crippen LogP contribution in [0.4, 0.5) is 0 Å². The first-order chi connectivity index (χ1) is 13.5. The van der Waals surface area contributed by atoms with Crippen molar-refractivity contribution in [2.24, 2.45) is 0 Å². The summed E-state index contributed by atoms with van der Waals surface area (Å²) in [6.45, 7) is 1.28. The molecule has 1 saturated heterocycles. The summed E-state index contributed by atoms with van der Waals surface area (Å²) in [6, 6.07) is 17.9. The molecule has 0 N–H and O–H groups in total. The number of fused-ring (bicyclic) bond motifs is 2. The van der Waals surface area contributed by atoms with Gasteiger partial charge in [0.1, 0.15) is 0 Å². The molecule has 2 aromatic rings. The van der Waals surface area contributed by atoms with Gasteiger partial charge in [0.2, 0.25) is 5.91 Å². The SMILES string of the molecule is CN(C)C(=O)[C@H]1OC2(CCN(C(=O)Cc3ccccc3)CC2)c2ccccc21. The topological polar surface area (TPSA) is 49.9 Å². The lowest BCUT2D eigenvalue weighted by Crippen LogP contribution is -2.46. The van der Waals surface area contributed by atoms with Crippen molar-refractivity contribution in [3.63, 3.8) is 0 Å². The number of carbonyl (C=O) groups excluding carboxylic acids is 2. The Kier molecular flexibility index (Phi) is 4.94. The monoisotopic (exact) mass is 378 g/mol. The van der Waals surface area contributed by atoms with E-state index in [4.69, 9.17) is 4.74 Å². The van der Waals surface area contributed by atoms with Crippen LogP contribution in [0.25, 0.3) is 0 Å². The number of ether oxygens (including phenoxy) is 1. The number of hydrogen-bond acceptors (Lipinski definition) is 3. The van der Waals surface area contributed by atoms with E-state index in [1.165, 1.54) is 0 Å². The second-order valence-electron chi connectivity index (χ2n) is 7.86. The molecule has 4 rings (SSSR count). The van der Waals surface area contributed by atoms with Crippen molar-refractivity contribution < 1.29 is 14.3 Å². The standard InChI is InChI=1S/C23H26N2O3/c1-24(2)22(27)21-18-10-6-7-11-19(18)23(28-21)12-14-25(15-13-23)20(26)16-17-8-4-3-5-9-17/h3-11,21H,12-16H2,1-2H3/t21-/m0/s1. The summed E-state index contributed by atoms with van der Waals surface area (Å²) in [7, 11) is 3.51. The third kappa shape index (κ3) is 3.31. The van der Waals surface area contributed by atoms with Gasteiger partial charge in [0.05, 0.1) is 12.0 Å². The molecule has 1 atom stereocenters. The highest BCUT2D eigenvalue weighted by Crippen LogP contribution is 2.49. The Labute approximate surface area is 165 Å². The maximum absolute atomic E-state index is 12.7. The molecule has 2 heterocycles. The van der Waals surface area contributed by atoms with Crippen molar-refractivity contribution in [3.8, 4) is 0 Å². The summed E-state index contributed by atoms with van der Waals surface area (Å²) in [4.78, 5) is 28.9. The molecule has 5 nitrogen and oxygen atoms in total. The Hall–Kier alpha value is -2.66. The third-order valence-corrected chi connectivity index (χ3v) is 5.86. The van der Waals surface area contributed by atoms with E-state index in [1.54, 1.807) is 19.0 Å². The lowest BCUT2D eigenvalue weighted by Gasteiger charge is -2.39. The smallest absolute Gasteiger partial charge is 0.255 e. The van der Waals surface area contributed by atoms with Gasteiger partial charge >= 0.3 is 0 Å². The number of nitrogens with zero attached hydrogens (tertiary/aromatic N) is 2. The van der Waals surface area contributed by atoms with Crippen LogP contribution in [0.1, 0.15) is 35.6 Å². The van der Waals surface area contributed by atoms with Crippen LogP contribution in [0.2, 0.25) is 0 Å². The highest BCUT2D eigenvalue weighted by Gasteiger charge is 2.49. The van der Waals surface area contributed by atoms with Gasteiger partial charge in [0.25, 0.3) is 5.91 Å². The fourth-order valence-electron chi connectivity index (χ4n) is 4.30. The average molecular weight is 378 g/mol. The van der Waals surface area contributed by atoms with Crippen LogP contribution in [0.15, 0.2) is 54.6 Å².